The van der Waals surface area contributed by atoms with Crippen molar-refractivity contribution in [3.05, 3.63) is 106 Å². The Hall–Kier alpha value is -4.10. The number of rotatable bonds is 6. The Kier molecular flexibility index (Phi) is 6.94. The summed E-state index contributed by atoms with van der Waals surface area (Å²) in [6, 6.07) is 21.4. The number of halogens is 1. The van der Waals surface area contributed by atoms with Gasteiger partial charge in [0.15, 0.2) is 0 Å². The molecule has 172 valence electrons. The molecule has 0 spiro atoms. The quantitative estimate of drug-likeness (QED) is 0.441. The number of amides is 3. The second kappa shape index (κ2) is 10.2. The third kappa shape index (κ3) is 5.10. The molecule has 3 aromatic rings. The predicted molar refractivity (Wildman–Crippen MR) is 130 cm³/mol. The van der Waals surface area contributed by atoms with Crippen molar-refractivity contribution in [2.75, 3.05) is 11.9 Å². The van der Waals surface area contributed by atoms with Crippen molar-refractivity contribution in [3.63, 3.8) is 0 Å². The van der Waals surface area contributed by atoms with Crippen molar-refractivity contribution in [1.29, 1.82) is 0 Å². The summed E-state index contributed by atoms with van der Waals surface area (Å²) in [4.78, 5) is 37.9. The molecule has 3 aromatic carbocycles. The average Bonchev–Trinajstić information content (AvgIpc) is 2.85. The highest BCUT2D eigenvalue weighted by atomic mass is 35.5. The fourth-order valence-corrected chi connectivity index (χ4v) is 3.77. The molecule has 3 N–H and O–H groups in total. The summed E-state index contributed by atoms with van der Waals surface area (Å²) in [6.45, 7) is 1.92. The first-order valence-corrected chi connectivity index (χ1v) is 11.0. The average molecular weight is 476 g/mol. The highest BCUT2D eigenvalue weighted by molar-refractivity contribution is 6.30. The molecule has 0 radical (unpaired) electrons. The number of nitrogens with one attached hydrogen (secondary N) is 3. The van der Waals surface area contributed by atoms with Crippen LogP contribution in [0, 0.1) is 0 Å². The third-order valence-electron chi connectivity index (χ3n) is 5.24. The zero-order valence-corrected chi connectivity index (χ0v) is 19.1. The van der Waals surface area contributed by atoms with Gasteiger partial charge in [0.25, 0.3) is 5.91 Å². The first-order valence-electron chi connectivity index (χ1n) is 10.7. The third-order valence-corrected chi connectivity index (χ3v) is 5.49. The van der Waals surface area contributed by atoms with Crippen molar-refractivity contribution in [2.45, 2.75) is 13.0 Å². The van der Waals surface area contributed by atoms with Crippen LogP contribution in [0.15, 0.2) is 84.4 Å². The van der Waals surface area contributed by atoms with Crippen LogP contribution >= 0.6 is 11.6 Å². The predicted octanol–water partition coefficient (Wildman–Crippen LogP) is 4.92. The number of carbonyl (C=O) groups is 3. The topological polar surface area (TPSA) is 96.5 Å². The molecule has 8 heteroatoms. The Labute approximate surface area is 201 Å². The van der Waals surface area contributed by atoms with E-state index in [-0.39, 0.29) is 12.5 Å². The summed E-state index contributed by atoms with van der Waals surface area (Å²) < 4.78 is 5.30. The standard InChI is InChI=1S/C26H22ClN3O4/c1-2-34-25(32)21-22(16-6-4-3-5-7-16)29-26(33)30-23(21)17-10-14-20(15-11-17)28-24(31)18-8-12-19(27)13-9-18/h3-15,23H,2H2,1H3,(H,28,31)(H2,29,30,33). The fraction of sp³-hybridized carbons (Fsp3) is 0.115. The molecule has 4 rings (SSSR count). The summed E-state index contributed by atoms with van der Waals surface area (Å²) in [5.41, 5.74) is 3.08. The zero-order chi connectivity index (χ0) is 24.1. The second-order valence-corrected chi connectivity index (χ2v) is 7.93. The Morgan fingerprint density at radius 2 is 1.65 bits per heavy atom. The highest BCUT2D eigenvalue weighted by Crippen LogP contribution is 2.32. The van der Waals surface area contributed by atoms with Crippen molar-refractivity contribution in [3.8, 4) is 0 Å². The molecular weight excluding hydrogens is 454 g/mol. The van der Waals surface area contributed by atoms with E-state index >= 15 is 0 Å². The molecule has 0 aromatic heterocycles. The van der Waals surface area contributed by atoms with Gasteiger partial charge in [0.2, 0.25) is 0 Å². The van der Waals surface area contributed by atoms with E-state index in [1.54, 1.807) is 55.5 Å². The van der Waals surface area contributed by atoms with Gasteiger partial charge in [0.05, 0.1) is 23.9 Å². The number of benzene rings is 3. The number of ether oxygens (including phenoxy) is 1. The molecule has 0 fully saturated rings. The minimum Gasteiger partial charge on any atom is -0.463 e. The van der Waals surface area contributed by atoms with Crippen LogP contribution in [0.1, 0.15) is 34.5 Å². The lowest BCUT2D eigenvalue weighted by molar-refractivity contribution is -0.138. The maximum atomic E-state index is 12.9. The van der Waals surface area contributed by atoms with Gasteiger partial charge in [-0.15, -0.1) is 0 Å². The number of anilines is 1. The molecule has 0 saturated heterocycles. The van der Waals surface area contributed by atoms with E-state index < -0.39 is 18.0 Å². The number of hydrogen-bond donors (Lipinski definition) is 3. The zero-order valence-electron chi connectivity index (χ0n) is 18.3. The lowest BCUT2D eigenvalue weighted by Gasteiger charge is -2.29. The van der Waals surface area contributed by atoms with E-state index in [2.05, 4.69) is 16.0 Å². The first kappa shape index (κ1) is 23.1. The van der Waals surface area contributed by atoms with E-state index in [0.717, 1.165) is 0 Å². The molecule has 1 aliphatic heterocycles. The van der Waals surface area contributed by atoms with Gasteiger partial charge in [-0.25, -0.2) is 9.59 Å². The molecule has 1 unspecified atom stereocenters. The fourth-order valence-electron chi connectivity index (χ4n) is 3.64. The van der Waals surface area contributed by atoms with Crippen LogP contribution in [0.3, 0.4) is 0 Å². The molecular formula is C26H22ClN3O4. The Bertz CT molecular complexity index is 1240. The van der Waals surface area contributed by atoms with Gasteiger partial charge in [0.1, 0.15) is 0 Å². The smallest absolute Gasteiger partial charge is 0.338 e. The molecule has 1 aliphatic rings. The van der Waals surface area contributed by atoms with Gasteiger partial charge >= 0.3 is 12.0 Å². The maximum absolute atomic E-state index is 12.9. The van der Waals surface area contributed by atoms with Crippen LogP contribution in [0.25, 0.3) is 5.70 Å². The van der Waals surface area contributed by atoms with Crippen molar-refractivity contribution >= 4 is 40.9 Å². The molecule has 0 bridgehead atoms. The Balaban J connectivity index is 1.64. The first-order chi connectivity index (χ1) is 16.5. The monoisotopic (exact) mass is 475 g/mol. The van der Waals surface area contributed by atoms with Gasteiger partial charge in [-0.1, -0.05) is 54.1 Å². The summed E-state index contributed by atoms with van der Waals surface area (Å²) in [6.07, 6.45) is 0. The SMILES string of the molecule is CCOC(=O)C1=C(c2ccccc2)NC(=O)NC1c1ccc(NC(=O)c2ccc(Cl)cc2)cc1. The maximum Gasteiger partial charge on any atom is 0.338 e. The van der Waals surface area contributed by atoms with E-state index in [9.17, 15) is 14.4 Å². The van der Waals surface area contributed by atoms with E-state index in [0.29, 0.717) is 38.7 Å². The van der Waals surface area contributed by atoms with E-state index in [1.807, 2.05) is 30.3 Å². The minimum atomic E-state index is -0.732. The number of esters is 1. The normalized spacial score (nSPS) is 15.2. The number of urea groups is 1. The molecule has 34 heavy (non-hydrogen) atoms. The van der Waals surface area contributed by atoms with Crippen LogP contribution in [-0.2, 0) is 9.53 Å². The van der Waals surface area contributed by atoms with Gasteiger partial charge in [-0.2, -0.15) is 0 Å². The van der Waals surface area contributed by atoms with Crippen molar-refractivity contribution in [1.82, 2.24) is 10.6 Å². The molecule has 7 nitrogen and oxygen atoms in total. The second-order valence-electron chi connectivity index (χ2n) is 7.49. The van der Waals surface area contributed by atoms with E-state index in [4.69, 9.17) is 16.3 Å². The number of hydrogen-bond acceptors (Lipinski definition) is 4. The number of carbonyl (C=O) groups excluding carboxylic acids is 3. The van der Waals surface area contributed by atoms with Gasteiger partial charge < -0.3 is 20.7 Å². The molecule has 0 aliphatic carbocycles. The van der Waals surface area contributed by atoms with Crippen LogP contribution in [0.2, 0.25) is 5.02 Å². The summed E-state index contributed by atoms with van der Waals surface area (Å²) in [5, 5.41) is 8.92. The Morgan fingerprint density at radius 1 is 0.971 bits per heavy atom. The highest BCUT2D eigenvalue weighted by Gasteiger charge is 2.34. The lowest BCUT2D eigenvalue weighted by Crippen LogP contribution is -2.45. The van der Waals surface area contributed by atoms with Gasteiger partial charge in [-0.3, -0.25) is 4.79 Å². The molecule has 3 amide bonds. The van der Waals surface area contributed by atoms with Crippen molar-refractivity contribution < 1.29 is 19.1 Å². The van der Waals surface area contributed by atoms with Crippen LogP contribution in [-0.4, -0.2) is 24.5 Å². The summed E-state index contributed by atoms with van der Waals surface area (Å²) >= 11 is 5.88. The van der Waals surface area contributed by atoms with Gasteiger partial charge in [-0.05, 0) is 54.4 Å². The molecule has 0 saturated carbocycles. The molecule has 1 atom stereocenters. The largest absolute Gasteiger partial charge is 0.463 e. The lowest BCUT2D eigenvalue weighted by atomic mass is 9.92. The van der Waals surface area contributed by atoms with Crippen LogP contribution < -0.4 is 16.0 Å². The van der Waals surface area contributed by atoms with Crippen LogP contribution in [0.5, 0.6) is 0 Å². The summed E-state index contributed by atoms with van der Waals surface area (Å²) in [7, 11) is 0. The minimum absolute atomic E-state index is 0.195. The molecule has 1 heterocycles. The van der Waals surface area contributed by atoms with E-state index in [1.165, 1.54) is 0 Å². The summed E-state index contributed by atoms with van der Waals surface area (Å²) in [5.74, 6) is -0.808. The van der Waals surface area contributed by atoms with Gasteiger partial charge in [0, 0.05) is 16.3 Å². The Morgan fingerprint density at radius 3 is 2.29 bits per heavy atom. The van der Waals surface area contributed by atoms with Crippen LogP contribution in [0.4, 0.5) is 10.5 Å². The van der Waals surface area contributed by atoms with Crippen molar-refractivity contribution in [2.24, 2.45) is 0 Å².